The number of piperidine rings is 1. The lowest BCUT2D eigenvalue weighted by Gasteiger charge is -2.38. The maximum absolute atomic E-state index is 13.5. The molecule has 7 nitrogen and oxygen atoms in total. The van der Waals surface area contributed by atoms with E-state index in [9.17, 15) is 14.4 Å². The first kappa shape index (κ1) is 20.2. The minimum atomic E-state index is -0.655. The standard InChI is InChI=1S/C26H26N4O3/c1-28-12-11-19-23-18(26(33)30(19)20-9-10-22(31)27-25(20)32)8-7-17(24(23)28)21-13-15-5-3-4-6-16(15)14-29(21)2/h3-8,11,20-21H,9-10,12-14H2,1-2H3,(H,27,31,32)/t20?,21-/m0/s1. The molecule has 4 aliphatic rings. The Labute approximate surface area is 192 Å². The number of nitrogens with zero attached hydrogens (tertiary/aromatic N) is 3. The largest absolute Gasteiger partial charge is 0.370 e. The van der Waals surface area contributed by atoms with Crippen molar-refractivity contribution in [3.63, 3.8) is 0 Å². The highest BCUT2D eigenvalue weighted by Gasteiger charge is 2.45. The number of nitrogens with one attached hydrogen (secondary N) is 1. The molecule has 1 N–H and O–H groups in total. The average Bonchev–Trinajstić information content (AvgIpc) is 3.08. The van der Waals surface area contributed by atoms with Crippen molar-refractivity contribution in [2.75, 3.05) is 25.5 Å². The number of amides is 3. The van der Waals surface area contributed by atoms with E-state index in [0.717, 1.165) is 29.9 Å². The van der Waals surface area contributed by atoms with Crippen molar-refractivity contribution in [2.24, 2.45) is 0 Å². The van der Waals surface area contributed by atoms with Crippen LogP contribution < -0.4 is 10.2 Å². The summed E-state index contributed by atoms with van der Waals surface area (Å²) in [5.41, 5.74) is 7.36. The third kappa shape index (κ3) is 2.95. The number of hydrogen-bond acceptors (Lipinski definition) is 5. The van der Waals surface area contributed by atoms with Crippen LogP contribution in [0.4, 0.5) is 5.69 Å². The molecule has 2 aromatic rings. The van der Waals surface area contributed by atoms with E-state index in [0.29, 0.717) is 18.5 Å². The second-order valence-electron chi connectivity index (χ2n) is 9.44. The molecule has 2 atom stereocenters. The van der Waals surface area contributed by atoms with Gasteiger partial charge in [-0.05, 0) is 48.7 Å². The van der Waals surface area contributed by atoms with Crippen LogP contribution in [0.15, 0.2) is 42.5 Å². The molecule has 168 valence electrons. The summed E-state index contributed by atoms with van der Waals surface area (Å²) in [4.78, 5) is 44.0. The zero-order valence-electron chi connectivity index (χ0n) is 18.8. The van der Waals surface area contributed by atoms with Crippen molar-refractivity contribution in [3.05, 3.63) is 70.3 Å². The van der Waals surface area contributed by atoms with Gasteiger partial charge in [0.1, 0.15) is 6.04 Å². The molecular weight excluding hydrogens is 416 g/mol. The third-order valence-corrected chi connectivity index (χ3v) is 7.48. The van der Waals surface area contributed by atoms with Crippen LogP contribution in [0, 0.1) is 0 Å². The molecule has 1 fully saturated rings. The van der Waals surface area contributed by atoms with Crippen LogP contribution in [0.5, 0.6) is 0 Å². The molecule has 2 aromatic carbocycles. The van der Waals surface area contributed by atoms with Crippen molar-refractivity contribution < 1.29 is 14.4 Å². The minimum absolute atomic E-state index is 0.156. The van der Waals surface area contributed by atoms with Gasteiger partial charge in [0.15, 0.2) is 0 Å². The third-order valence-electron chi connectivity index (χ3n) is 7.48. The maximum atomic E-state index is 13.5. The fourth-order valence-corrected chi connectivity index (χ4v) is 5.84. The van der Waals surface area contributed by atoms with Crippen LogP contribution >= 0.6 is 0 Å². The lowest BCUT2D eigenvalue weighted by molar-refractivity contribution is -0.136. The molecule has 0 spiro atoms. The number of imide groups is 1. The van der Waals surface area contributed by atoms with Crippen molar-refractivity contribution in [2.45, 2.75) is 37.9 Å². The molecular formula is C26H26N4O3. The summed E-state index contributed by atoms with van der Waals surface area (Å²) in [5.74, 6) is -0.824. The highest BCUT2D eigenvalue weighted by atomic mass is 16.2. The Morgan fingerprint density at radius 3 is 2.55 bits per heavy atom. The van der Waals surface area contributed by atoms with Crippen LogP contribution in [0.2, 0.25) is 0 Å². The lowest BCUT2D eigenvalue weighted by Crippen LogP contribution is -2.52. The Hall–Kier alpha value is -3.45. The molecule has 1 unspecified atom stereocenters. The van der Waals surface area contributed by atoms with Gasteiger partial charge in [-0.2, -0.15) is 0 Å². The van der Waals surface area contributed by atoms with Crippen LogP contribution in [-0.2, 0) is 22.6 Å². The van der Waals surface area contributed by atoms with Gasteiger partial charge < -0.3 is 4.90 Å². The summed E-state index contributed by atoms with van der Waals surface area (Å²) >= 11 is 0. The van der Waals surface area contributed by atoms with E-state index in [1.807, 2.05) is 12.1 Å². The van der Waals surface area contributed by atoms with E-state index in [1.54, 1.807) is 4.90 Å². The first-order valence-electron chi connectivity index (χ1n) is 11.5. The summed E-state index contributed by atoms with van der Waals surface area (Å²) < 4.78 is 0. The molecule has 0 saturated carbocycles. The Morgan fingerprint density at radius 2 is 1.76 bits per heavy atom. The monoisotopic (exact) mass is 442 g/mol. The predicted octanol–water partition coefficient (Wildman–Crippen LogP) is 2.47. The van der Waals surface area contributed by atoms with Crippen LogP contribution in [-0.4, -0.2) is 54.2 Å². The fourth-order valence-electron chi connectivity index (χ4n) is 5.84. The topological polar surface area (TPSA) is 73.0 Å². The molecule has 7 heteroatoms. The number of fused-ring (bicyclic) bond motifs is 1. The molecule has 4 aliphatic heterocycles. The first-order chi connectivity index (χ1) is 15.9. The molecule has 6 rings (SSSR count). The molecule has 4 heterocycles. The number of likely N-dealkylation sites (N-methyl/N-ethyl adjacent to an activating group) is 2. The molecule has 0 aliphatic carbocycles. The lowest BCUT2D eigenvalue weighted by atomic mass is 9.86. The van der Waals surface area contributed by atoms with Gasteiger partial charge in [0, 0.05) is 38.2 Å². The summed E-state index contributed by atoms with van der Waals surface area (Å²) in [6.45, 7) is 1.54. The zero-order chi connectivity index (χ0) is 22.9. The highest BCUT2D eigenvalue weighted by Crippen LogP contribution is 2.48. The highest BCUT2D eigenvalue weighted by molar-refractivity contribution is 6.15. The number of benzene rings is 2. The Balaban J connectivity index is 1.44. The van der Waals surface area contributed by atoms with Gasteiger partial charge in [0.25, 0.3) is 5.91 Å². The van der Waals surface area contributed by atoms with Crippen molar-refractivity contribution in [1.82, 2.24) is 15.1 Å². The maximum Gasteiger partial charge on any atom is 0.259 e. The van der Waals surface area contributed by atoms with Gasteiger partial charge in [0.2, 0.25) is 11.8 Å². The minimum Gasteiger partial charge on any atom is -0.370 e. The van der Waals surface area contributed by atoms with E-state index in [1.165, 1.54) is 16.7 Å². The van der Waals surface area contributed by atoms with E-state index in [4.69, 9.17) is 0 Å². The summed E-state index contributed by atoms with van der Waals surface area (Å²) in [7, 11) is 4.21. The van der Waals surface area contributed by atoms with Gasteiger partial charge >= 0.3 is 0 Å². The van der Waals surface area contributed by atoms with Crippen LogP contribution in [0.3, 0.4) is 0 Å². The Morgan fingerprint density at radius 1 is 0.970 bits per heavy atom. The second-order valence-corrected chi connectivity index (χ2v) is 9.44. The number of rotatable bonds is 2. The molecule has 0 aromatic heterocycles. The zero-order valence-corrected chi connectivity index (χ0v) is 18.8. The Bertz CT molecular complexity index is 1250. The predicted molar refractivity (Wildman–Crippen MR) is 124 cm³/mol. The normalized spacial score (nSPS) is 24.4. The summed E-state index contributed by atoms with van der Waals surface area (Å²) in [6.07, 6.45) is 3.54. The molecule has 0 radical (unpaired) electrons. The fraction of sp³-hybridized carbons (Fsp3) is 0.346. The van der Waals surface area contributed by atoms with Crippen LogP contribution in [0.25, 0.3) is 5.70 Å². The summed E-state index contributed by atoms with van der Waals surface area (Å²) in [5, 5.41) is 2.40. The van der Waals surface area contributed by atoms with E-state index < -0.39 is 11.9 Å². The molecule has 3 amide bonds. The van der Waals surface area contributed by atoms with Crippen molar-refractivity contribution in [3.8, 4) is 0 Å². The smallest absolute Gasteiger partial charge is 0.259 e. The van der Waals surface area contributed by atoms with Gasteiger partial charge in [-0.15, -0.1) is 0 Å². The van der Waals surface area contributed by atoms with E-state index in [-0.39, 0.29) is 24.3 Å². The quantitative estimate of drug-likeness (QED) is 0.724. The number of anilines is 1. The Kier molecular flexibility index (Phi) is 4.45. The molecule has 0 bridgehead atoms. The number of carbonyl (C=O) groups excluding carboxylic acids is 3. The van der Waals surface area contributed by atoms with Gasteiger partial charge in [-0.3, -0.25) is 29.5 Å². The molecule has 33 heavy (non-hydrogen) atoms. The van der Waals surface area contributed by atoms with Gasteiger partial charge in [-0.1, -0.05) is 30.3 Å². The second kappa shape index (κ2) is 7.28. The van der Waals surface area contributed by atoms with E-state index >= 15 is 0 Å². The summed E-state index contributed by atoms with van der Waals surface area (Å²) in [6, 6.07) is 12.1. The van der Waals surface area contributed by atoms with E-state index in [2.05, 4.69) is 59.5 Å². The SMILES string of the molecule is CN1CC=C2c3c(ccc([C@@H]4Cc5ccccc5CN4C)c31)C(=O)N2C1CCC(=O)NC1=O. The van der Waals surface area contributed by atoms with Crippen LogP contribution in [0.1, 0.15) is 51.5 Å². The first-order valence-corrected chi connectivity index (χ1v) is 11.5. The van der Waals surface area contributed by atoms with Gasteiger partial charge in [-0.25, -0.2) is 0 Å². The van der Waals surface area contributed by atoms with Gasteiger partial charge in [0.05, 0.1) is 16.9 Å². The molecule has 1 saturated heterocycles. The average molecular weight is 443 g/mol. The number of hydrogen-bond donors (Lipinski definition) is 1. The van der Waals surface area contributed by atoms with Crippen molar-refractivity contribution >= 4 is 29.1 Å². The van der Waals surface area contributed by atoms with Crippen molar-refractivity contribution in [1.29, 1.82) is 0 Å². The number of carbonyl (C=O) groups is 3.